The SMILES string of the molecule is C=CC(=O)Oc1ccc(/C=C/C(=O)c2ccc(OC(=O)C(=C)C)cc2)cc1OC(O)/C=C/C. The Morgan fingerprint density at radius 2 is 1.73 bits per heavy atom. The Balaban J connectivity index is 2.19. The molecule has 2 rings (SSSR count). The van der Waals surface area contributed by atoms with Crippen molar-refractivity contribution < 1.29 is 33.7 Å². The largest absolute Gasteiger partial charge is 0.458 e. The maximum atomic E-state index is 12.5. The van der Waals surface area contributed by atoms with Gasteiger partial charge in [-0.2, -0.15) is 0 Å². The van der Waals surface area contributed by atoms with Crippen molar-refractivity contribution in [1.29, 1.82) is 0 Å². The van der Waals surface area contributed by atoms with E-state index in [-0.39, 0.29) is 22.9 Å². The molecular weight excluding hydrogens is 424 g/mol. The van der Waals surface area contributed by atoms with Gasteiger partial charge in [0.15, 0.2) is 17.3 Å². The van der Waals surface area contributed by atoms with E-state index in [0.29, 0.717) is 16.9 Å². The molecule has 7 nitrogen and oxygen atoms in total. The fraction of sp³-hybridized carbons (Fsp3) is 0.115. The van der Waals surface area contributed by atoms with Gasteiger partial charge in [0.1, 0.15) is 5.75 Å². The monoisotopic (exact) mass is 448 g/mol. The highest BCUT2D eigenvalue weighted by Gasteiger charge is 2.12. The van der Waals surface area contributed by atoms with Crippen molar-refractivity contribution in [1.82, 2.24) is 0 Å². The van der Waals surface area contributed by atoms with Crippen LogP contribution < -0.4 is 14.2 Å². The molecule has 170 valence electrons. The lowest BCUT2D eigenvalue weighted by atomic mass is 10.1. The number of aliphatic hydroxyl groups is 1. The molecular formula is C26H24O7. The third kappa shape index (κ3) is 7.75. The van der Waals surface area contributed by atoms with E-state index in [1.807, 2.05) is 0 Å². The quantitative estimate of drug-likeness (QED) is 0.143. The number of allylic oxidation sites excluding steroid dienone is 2. The molecule has 0 aliphatic carbocycles. The standard InChI is InChI=1S/C26H24O7/c1-5-7-25(29)33-23-16-18(9-15-22(23)32-24(28)6-2)8-14-21(27)19-10-12-20(13-11-19)31-26(30)17(3)4/h5-16,25,29H,2-3H2,1,4H3/b7-5+,14-8+. The molecule has 1 atom stereocenters. The van der Waals surface area contributed by atoms with Crippen LogP contribution in [-0.4, -0.2) is 29.1 Å². The summed E-state index contributed by atoms with van der Waals surface area (Å²) in [7, 11) is 0. The summed E-state index contributed by atoms with van der Waals surface area (Å²) in [5.74, 6) is -1.02. The van der Waals surface area contributed by atoms with E-state index in [2.05, 4.69) is 13.2 Å². The first-order valence-corrected chi connectivity index (χ1v) is 9.89. The van der Waals surface area contributed by atoms with Crippen LogP contribution in [0, 0.1) is 0 Å². The fourth-order valence-corrected chi connectivity index (χ4v) is 2.44. The first-order valence-electron chi connectivity index (χ1n) is 9.89. The highest BCUT2D eigenvalue weighted by molar-refractivity contribution is 6.07. The van der Waals surface area contributed by atoms with Gasteiger partial charge in [-0.05, 0) is 68.0 Å². The fourth-order valence-electron chi connectivity index (χ4n) is 2.44. The van der Waals surface area contributed by atoms with Gasteiger partial charge in [0.05, 0.1) is 0 Å². The minimum atomic E-state index is -1.26. The van der Waals surface area contributed by atoms with E-state index in [4.69, 9.17) is 14.2 Å². The average Bonchev–Trinajstić information content (AvgIpc) is 2.79. The van der Waals surface area contributed by atoms with Gasteiger partial charge in [0.25, 0.3) is 0 Å². The number of carbonyl (C=O) groups is 3. The van der Waals surface area contributed by atoms with E-state index >= 15 is 0 Å². The molecule has 0 spiro atoms. The van der Waals surface area contributed by atoms with Gasteiger partial charge in [-0.3, -0.25) is 4.79 Å². The number of aliphatic hydroxyl groups excluding tert-OH is 1. The molecule has 0 aromatic heterocycles. The van der Waals surface area contributed by atoms with Crippen LogP contribution in [0.4, 0.5) is 0 Å². The Labute approximate surface area is 191 Å². The van der Waals surface area contributed by atoms with E-state index in [0.717, 1.165) is 6.08 Å². The minimum absolute atomic E-state index is 0.0897. The normalized spacial score (nSPS) is 11.7. The summed E-state index contributed by atoms with van der Waals surface area (Å²) in [5.41, 5.74) is 1.22. The van der Waals surface area contributed by atoms with Crippen LogP contribution in [0.15, 0.2) is 85.5 Å². The lowest BCUT2D eigenvalue weighted by Crippen LogP contribution is -2.13. The van der Waals surface area contributed by atoms with Gasteiger partial charge in [0, 0.05) is 17.2 Å². The molecule has 2 aromatic carbocycles. The molecule has 1 unspecified atom stereocenters. The number of carbonyl (C=O) groups excluding carboxylic acids is 3. The van der Waals surface area contributed by atoms with Crippen molar-refractivity contribution in [3.8, 4) is 17.2 Å². The zero-order valence-electron chi connectivity index (χ0n) is 18.3. The van der Waals surface area contributed by atoms with Crippen LogP contribution in [0.5, 0.6) is 17.2 Å². The van der Waals surface area contributed by atoms with Crippen LogP contribution in [0.25, 0.3) is 6.08 Å². The zero-order chi connectivity index (χ0) is 24.4. The molecule has 0 aliphatic rings. The number of hydrogen-bond donors (Lipinski definition) is 1. The highest BCUT2D eigenvalue weighted by atomic mass is 16.6. The maximum Gasteiger partial charge on any atom is 0.338 e. The Bertz CT molecular complexity index is 1110. The first kappa shape index (κ1) is 25.0. The van der Waals surface area contributed by atoms with Crippen LogP contribution in [0.1, 0.15) is 29.8 Å². The van der Waals surface area contributed by atoms with E-state index in [1.165, 1.54) is 48.6 Å². The van der Waals surface area contributed by atoms with Crippen molar-refractivity contribution in [2.75, 3.05) is 0 Å². The van der Waals surface area contributed by atoms with E-state index in [9.17, 15) is 19.5 Å². The third-order valence-corrected chi connectivity index (χ3v) is 4.07. The highest BCUT2D eigenvalue weighted by Crippen LogP contribution is 2.30. The summed E-state index contributed by atoms with van der Waals surface area (Å²) in [6, 6.07) is 10.7. The number of ether oxygens (including phenoxy) is 3. The molecule has 0 heterocycles. The van der Waals surface area contributed by atoms with Gasteiger partial charge >= 0.3 is 11.9 Å². The van der Waals surface area contributed by atoms with Gasteiger partial charge < -0.3 is 19.3 Å². The maximum absolute atomic E-state index is 12.5. The Hall–Kier alpha value is -4.23. The summed E-state index contributed by atoms with van der Waals surface area (Å²) in [6.07, 6.45) is 5.66. The summed E-state index contributed by atoms with van der Waals surface area (Å²) in [6.45, 7) is 10.1. The lowest BCUT2D eigenvalue weighted by molar-refractivity contribution is -0.130. The molecule has 0 bridgehead atoms. The van der Waals surface area contributed by atoms with E-state index in [1.54, 1.807) is 32.1 Å². The lowest BCUT2D eigenvalue weighted by Gasteiger charge is -2.14. The predicted molar refractivity (Wildman–Crippen MR) is 124 cm³/mol. The number of hydrogen-bond acceptors (Lipinski definition) is 7. The topological polar surface area (TPSA) is 99.1 Å². The summed E-state index contributed by atoms with van der Waals surface area (Å²) in [4.78, 5) is 35.6. The second-order valence-corrected chi connectivity index (χ2v) is 6.76. The van der Waals surface area contributed by atoms with Crippen molar-refractivity contribution >= 4 is 23.8 Å². The van der Waals surface area contributed by atoms with Gasteiger partial charge in [-0.25, -0.2) is 9.59 Å². The summed E-state index contributed by atoms with van der Waals surface area (Å²) >= 11 is 0. The average molecular weight is 448 g/mol. The number of benzene rings is 2. The first-order chi connectivity index (χ1) is 15.7. The smallest absolute Gasteiger partial charge is 0.338 e. The molecule has 33 heavy (non-hydrogen) atoms. The van der Waals surface area contributed by atoms with Crippen molar-refractivity contribution in [3.63, 3.8) is 0 Å². The summed E-state index contributed by atoms with van der Waals surface area (Å²) < 4.78 is 15.6. The zero-order valence-corrected chi connectivity index (χ0v) is 18.3. The van der Waals surface area contributed by atoms with Crippen LogP contribution in [-0.2, 0) is 9.59 Å². The molecule has 2 aromatic rings. The summed E-state index contributed by atoms with van der Waals surface area (Å²) in [5, 5.41) is 9.91. The predicted octanol–water partition coefficient (Wildman–Crippen LogP) is 4.43. The van der Waals surface area contributed by atoms with Crippen LogP contribution >= 0.6 is 0 Å². The van der Waals surface area contributed by atoms with Gasteiger partial charge in [-0.15, -0.1) is 0 Å². The molecule has 0 saturated carbocycles. The van der Waals surface area contributed by atoms with Crippen LogP contribution in [0.3, 0.4) is 0 Å². The Morgan fingerprint density at radius 3 is 2.33 bits per heavy atom. The minimum Gasteiger partial charge on any atom is -0.458 e. The van der Waals surface area contributed by atoms with Crippen LogP contribution in [0.2, 0.25) is 0 Å². The molecule has 0 fully saturated rings. The van der Waals surface area contributed by atoms with Gasteiger partial charge in [-0.1, -0.05) is 31.4 Å². The van der Waals surface area contributed by atoms with E-state index < -0.39 is 18.2 Å². The molecule has 0 amide bonds. The molecule has 0 aliphatic heterocycles. The number of ketones is 1. The second-order valence-electron chi connectivity index (χ2n) is 6.76. The van der Waals surface area contributed by atoms with Crippen molar-refractivity contribution in [2.24, 2.45) is 0 Å². The molecule has 7 heteroatoms. The van der Waals surface area contributed by atoms with Gasteiger partial charge in [0.2, 0.25) is 6.29 Å². The molecule has 0 radical (unpaired) electrons. The number of rotatable bonds is 10. The molecule has 1 N–H and O–H groups in total. The molecule has 0 saturated heterocycles. The Kier molecular flexibility index (Phi) is 9.08. The van der Waals surface area contributed by atoms with Crippen molar-refractivity contribution in [2.45, 2.75) is 20.1 Å². The second kappa shape index (κ2) is 12.0. The Morgan fingerprint density at radius 1 is 1.03 bits per heavy atom. The van der Waals surface area contributed by atoms with Crippen molar-refractivity contribution in [3.05, 3.63) is 96.6 Å². The third-order valence-electron chi connectivity index (χ3n) is 4.07. The number of esters is 2.